The quantitative estimate of drug-likeness (QED) is 0.777. The predicted octanol–water partition coefficient (Wildman–Crippen LogP) is 4.47. The smallest absolute Gasteiger partial charge is 0.0704 e. The second kappa shape index (κ2) is 5.24. The van der Waals surface area contributed by atoms with Crippen molar-refractivity contribution in [2.45, 2.75) is 34.7 Å². The highest BCUT2D eigenvalue weighted by molar-refractivity contribution is 7.99. The molecule has 2 aliphatic rings. The van der Waals surface area contributed by atoms with E-state index in [0.29, 0.717) is 0 Å². The zero-order valence-corrected chi connectivity index (χ0v) is 13.2. The summed E-state index contributed by atoms with van der Waals surface area (Å²) >= 11 is 8.07. The zero-order valence-electron chi connectivity index (χ0n) is 11.6. The molecule has 108 valence electrons. The maximum Gasteiger partial charge on any atom is 0.0704 e. The van der Waals surface area contributed by atoms with Crippen molar-refractivity contribution in [3.8, 4) is 0 Å². The maximum absolute atomic E-state index is 6.48. The summed E-state index contributed by atoms with van der Waals surface area (Å²) in [6, 6.07) is 15.2. The highest BCUT2D eigenvalue weighted by atomic mass is 35.5. The summed E-state index contributed by atoms with van der Waals surface area (Å²) in [5.74, 6) is 0. The van der Waals surface area contributed by atoms with E-state index in [1.807, 2.05) is 17.8 Å². The third kappa shape index (κ3) is 2.24. The van der Waals surface area contributed by atoms with Gasteiger partial charge >= 0.3 is 0 Å². The first-order valence-corrected chi connectivity index (χ1v) is 8.52. The Bertz CT molecular complexity index is 688. The Labute approximate surface area is 134 Å². The van der Waals surface area contributed by atoms with Crippen molar-refractivity contribution in [1.29, 1.82) is 0 Å². The van der Waals surface area contributed by atoms with Gasteiger partial charge in [-0.3, -0.25) is 0 Å². The van der Waals surface area contributed by atoms with Crippen molar-refractivity contribution in [2.75, 3.05) is 11.4 Å². The molecule has 1 fully saturated rings. The van der Waals surface area contributed by atoms with Crippen LogP contribution in [0.2, 0.25) is 5.02 Å². The minimum Gasteiger partial charge on any atom is -0.362 e. The van der Waals surface area contributed by atoms with Crippen molar-refractivity contribution in [3.05, 3.63) is 53.1 Å². The minimum absolute atomic E-state index is 0.172. The normalized spacial score (nSPS) is 23.8. The molecule has 4 rings (SSSR count). The Balaban J connectivity index is 1.94. The Kier molecular flexibility index (Phi) is 3.37. The maximum atomic E-state index is 6.48. The van der Waals surface area contributed by atoms with E-state index in [1.54, 1.807) is 0 Å². The minimum atomic E-state index is 0.172. The van der Waals surface area contributed by atoms with Gasteiger partial charge in [0.25, 0.3) is 0 Å². The summed E-state index contributed by atoms with van der Waals surface area (Å²) in [6.45, 7) is 1.04. The molecule has 0 aliphatic carbocycles. The molecular weight excluding hydrogens is 300 g/mol. The third-order valence-electron chi connectivity index (χ3n) is 4.37. The highest BCUT2D eigenvalue weighted by Crippen LogP contribution is 2.48. The molecule has 2 nitrogen and oxygen atoms in total. The number of rotatable bonds is 0. The molecule has 0 aromatic heterocycles. The summed E-state index contributed by atoms with van der Waals surface area (Å²) in [6.07, 6.45) is 2.21. The van der Waals surface area contributed by atoms with Gasteiger partial charge < -0.3 is 10.6 Å². The molecule has 2 aromatic carbocycles. The van der Waals surface area contributed by atoms with Crippen LogP contribution in [-0.2, 0) is 0 Å². The molecule has 21 heavy (non-hydrogen) atoms. The average molecular weight is 317 g/mol. The van der Waals surface area contributed by atoms with Gasteiger partial charge in [0.15, 0.2) is 0 Å². The van der Waals surface area contributed by atoms with E-state index in [1.165, 1.54) is 21.0 Å². The van der Waals surface area contributed by atoms with Crippen LogP contribution in [0.4, 0.5) is 5.69 Å². The van der Waals surface area contributed by atoms with Gasteiger partial charge in [-0.25, -0.2) is 0 Å². The highest BCUT2D eigenvalue weighted by Gasteiger charge is 2.35. The average Bonchev–Trinajstić information content (AvgIpc) is 2.63. The van der Waals surface area contributed by atoms with Gasteiger partial charge in [0, 0.05) is 27.4 Å². The van der Waals surface area contributed by atoms with E-state index in [-0.39, 0.29) is 12.1 Å². The van der Waals surface area contributed by atoms with E-state index in [4.69, 9.17) is 17.3 Å². The van der Waals surface area contributed by atoms with Crippen LogP contribution in [0.25, 0.3) is 0 Å². The lowest BCUT2D eigenvalue weighted by Gasteiger charge is -2.41. The van der Waals surface area contributed by atoms with E-state index in [2.05, 4.69) is 41.3 Å². The number of nitrogens with zero attached hydrogens (tertiary/aromatic N) is 1. The second-order valence-corrected chi connectivity index (χ2v) is 7.22. The largest absolute Gasteiger partial charge is 0.362 e. The fourth-order valence-corrected chi connectivity index (χ4v) is 4.71. The Morgan fingerprint density at radius 3 is 2.90 bits per heavy atom. The summed E-state index contributed by atoms with van der Waals surface area (Å²) in [4.78, 5) is 5.03. The molecule has 0 spiro atoms. The molecular formula is C17H17ClN2S. The Morgan fingerprint density at radius 1 is 1.14 bits per heavy atom. The number of hydrogen-bond acceptors (Lipinski definition) is 3. The second-order valence-electron chi connectivity index (χ2n) is 5.70. The summed E-state index contributed by atoms with van der Waals surface area (Å²) in [7, 11) is 0. The van der Waals surface area contributed by atoms with Crippen LogP contribution >= 0.6 is 23.4 Å². The number of hydrogen-bond donors (Lipinski definition) is 1. The molecule has 1 saturated heterocycles. The lowest BCUT2D eigenvalue weighted by Crippen LogP contribution is -2.46. The van der Waals surface area contributed by atoms with Crippen LogP contribution in [0.15, 0.2) is 52.3 Å². The van der Waals surface area contributed by atoms with Crippen molar-refractivity contribution >= 4 is 29.1 Å². The van der Waals surface area contributed by atoms with Crippen molar-refractivity contribution in [2.24, 2.45) is 5.73 Å². The van der Waals surface area contributed by atoms with Crippen LogP contribution in [0.5, 0.6) is 0 Å². The van der Waals surface area contributed by atoms with Crippen LogP contribution in [-0.4, -0.2) is 12.6 Å². The molecule has 0 amide bonds. The van der Waals surface area contributed by atoms with Gasteiger partial charge in [0.2, 0.25) is 0 Å². The third-order valence-corrected chi connectivity index (χ3v) is 5.76. The van der Waals surface area contributed by atoms with Crippen LogP contribution in [0.1, 0.15) is 24.4 Å². The Hall–Kier alpha value is -1.16. The topological polar surface area (TPSA) is 29.3 Å². The SMILES string of the molecule is N[C@@H]1CCCN2c3cc(Cl)ccc3Sc3ccccc3[C@@H]12. The summed E-state index contributed by atoms with van der Waals surface area (Å²) in [5, 5.41) is 0.790. The molecule has 2 heterocycles. The zero-order chi connectivity index (χ0) is 14.4. The predicted molar refractivity (Wildman–Crippen MR) is 89.3 cm³/mol. The van der Waals surface area contributed by atoms with Gasteiger partial charge in [-0.15, -0.1) is 0 Å². The van der Waals surface area contributed by atoms with Crippen LogP contribution < -0.4 is 10.6 Å². The number of nitrogens with two attached hydrogens (primary N) is 1. The molecule has 2 aliphatic heterocycles. The van der Waals surface area contributed by atoms with Crippen molar-refractivity contribution < 1.29 is 0 Å². The molecule has 4 heteroatoms. The summed E-state index contributed by atoms with van der Waals surface area (Å²) in [5.41, 5.74) is 9.06. The number of halogens is 1. The fraction of sp³-hybridized carbons (Fsp3) is 0.294. The number of fused-ring (bicyclic) bond motifs is 5. The lowest BCUT2D eigenvalue weighted by molar-refractivity contribution is 0.405. The van der Waals surface area contributed by atoms with Gasteiger partial charge in [0.1, 0.15) is 0 Å². The molecule has 0 radical (unpaired) electrons. The molecule has 0 bridgehead atoms. The first-order valence-electron chi connectivity index (χ1n) is 7.32. The first kappa shape index (κ1) is 13.5. The van der Waals surface area contributed by atoms with Gasteiger partial charge in [-0.05, 0) is 42.7 Å². The fourth-order valence-electron chi connectivity index (χ4n) is 3.43. The lowest BCUT2D eigenvalue weighted by atomic mass is 9.90. The number of benzene rings is 2. The monoisotopic (exact) mass is 316 g/mol. The molecule has 2 atom stereocenters. The van der Waals surface area contributed by atoms with E-state index in [0.717, 1.165) is 24.4 Å². The van der Waals surface area contributed by atoms with Crippen molar-refractivity contribution in [3.63, 3.8) is 0 Å². The van der Waals surface area contributed by atoms with E-state index >= 15 is 0 Å². The molecule has 2 N–H and O–H groups in total. The van der Waals surface area contributed by atoms with Gasteiger partial charge in [-0.2, -0.15) is 0 Å². The Morgan fingerprint density at radius 2 is 2.00 bits per heavy atom. The number of anilines is 1. The number of piperidine rings is 1. The summed E-state index contributed by atoms with van der Waals surface area (Å²) < 4.78 is 0. The molecule has 0 saturated carbocycles. The van der Waals surface area contributed by atoms with Crippen LogP contribution in [0, 0.1) is 0 Å². The van der Waals surface area contributed by atoms with Gasteiger partial charge in [0.05, 0.1) is 11.7 Å². The van der Waals surface area contributed by atoms with E-state index in [9.17, 15) is 0 Å². The standard InChI is InChI=1S/C17H17ClN2S/c18-11-7-8-16-14(10-11)20-9-3-5-13(19)17(20)12-4-1-2-6-15(12)21-16/h1-2,4,6-8,10,13,17H,3,5,9,19H2/t13-,17+/m1/s1. The van der Waals surface area contributed by atoms with Gasteiger partial charge in [-0.1, -0.05) is 41.6 Å². The van der Waals surface area contributed by atoms with Crippen molar-refractivity contribution in [1.82, 2.24) is 0 Å². The van der Waals surface area contributed by atoms with Crippen LogP contribution in [0.3, 0.4) is 0 Å². The first-order chi connectivity index (χ1) is 10.2. The molecule has 0 unspecified atom stereocenters. The molecule has 2 aromatic rings. The van der Waals surface area contributed by atoms with E-state index < -0.39 is 0 Å².